The first-order valence-electron chi connectivity index (χ1n) is 8.41. The molecule has 2 aromatic carbocycles. The molecule has 1 amide bonds. The van der Waals surface area contributed by atoms with Crippen LogP contribution in [0.3, 0.4) is 0 Å². The Morgan fingerprint density at radius 1 is 1.19 bits per heavy atom. The molecule has 0 aliphatic carbocycles. The fourth-order valence-electron chi connectivity index (χ4n) is 2.66. The molecule has 140 valence electrons. The Morgan fingerprint density at radius 3 is 2.56 bits per heavy atom. The van der Waals surface area contributed by atoms with Crippen molar-refractivity contribution in [2.75, 3.05) is 13.7 Å². The predicted octanol–water partition coefficient (Wildman–Crippen LogP) is 4.01. The van der Waals surface area contributed by atoms with E-state index in [1.165, 1.54) is 4.90 Å². The van der Waals surface area contributed by atoms with Gasteiger partial charge in [0.1, 0.15) is 12.3 Å². The van der Waals surface area contributed by atoms with Crippen molar-refractivity contribution in [1.82, 2.24) is 10.2 Å². The molecule has 3 rings (SSSR count). The third-order valence-electron chi connectivity index (χ3n) is 4.08. The van der Waals surface area contributed by atoms with Gasteiger partial charge < -0.3 is 14.8 Å². The summed E-state index contributed by atoms with van der Waals surface area (Å²) in [6, 6.07) is 13.0. The Balaban J connectivity index is 1.76. The lowest BCUT2D eigenvalue weighted by molar-refractivity contribution is -0.122. The number of benzene rings is 2. The topological polar surface area (TPSA) is 50.8 Å². The summed E-state index contributed by atoms with van der Waals surface area (Å²) in [6.45, 7) is 2.81. The van der Waals surface area contributed by atoms with Crippen LogP contribution in [0.25, 0.3) is 6.08 Å². The highest BCUT2D eigenvalue weighted by molar-refractivity contribution is 7.80. The predicted molar refractivity (Wildman–Crippen MR) is 110 cm³/mol. The summed E-state index contributed by atoms with van der Waals surface area (Å²) in [5.41, 5.74) is 2.25. The summed E-state index contributed by atoms with van der Waals surface area (Å²) in [6.07, 6.45) is 1.75. The standard InChI is InChI=1S/C20H19ClN2O3S/c1-3-23-19(24)16(22-20(23)27)10-14-6-9-17(18(11-14)25-2)26-12-13-4-7-15(21)8-5-13/h4-11H,3,12H2,1-2H3,(H,22,27)/b16-10-. The van der Waals surface area contributed by atoms with Gasteiger partial charge in [-0.3, -0.25) is 9.69 Å². The quantitative estimate of drug-likeness (QED) is 0.584. The van der Waals surface area contributed by atoms with E-state index < -0.39 is 0 Å². The maximum Gasteiger partial charge on any atom is 0.276 e. The molecule has 1 aliphatic rings. The molecule has 1 saturated heterocycles. The van der Waals surface area contributed by atoms with Gasteiger partial charge in [-0.2, -0.15) is 0 Å². The highest BCUT2D eigenvalue weighted by Crippen LogP contribution is 2.30. The van der Waals surface area contributed by atoms with Crippen LogP contribution < -0.4 is 14.8 Å². The zero-order valence-electron chi connectivity index (χ0n) is 15.0. The molecule has 2 aromatic rings. The minimum Gasteiger partial charge on any atom is -0.493 e. The number of hydrogen-bond donors (Lipinski definition) is 1. The summed E-state index contributed by atoms with van der Waals surface area (Å²) in [5, 5.41) is 4.05. The molecule has 5 nitrogen and oxygen atoms in total. The maximum absolute atomic E-state index is 12.3. The van der Waals surface area contributed by atoms with Gasteiger partial charge >= 0.3 is 0 Å². The van der Waals surface area contributed by atoms with E-state index in [-0.39, 0.29) is 5.91 Å². The normalized spacial score (nSPS) is 15.2. The number of nitrogens with zero attached hydrogens (tertiary/aromatic N) is 1. The number of hydrogen-bond acceptors (Lipinski definition) is 4. The molecule has 0 unspecified atom stereocenters. The van der Waals surface area contributed by atoms with Crippen LogP contribution in [-0.4, -0.2) is 29.6 Å². The van der Waals surface area contributed by atoms with Crippen LogP contribution in [0.2, 0.25) is 5.02 Å². The molecular formula is C20H19ClN2O3S. The summed E-state index contributed by atoms with van der Waals surface area (Å²) < 4.78 is 11.3. The first kappa shape index (κ1) is 19.2. The monoisotopic (exact) mass is 402 g/mol. The highest BCUT2D eigenvalue weighted by atomic mass is 35.5. The van der Waals surface area contributed by atoms with Gasteiger partial charge in [0.15, 0.2) is 16.6 Å². The average Bonchev–Trinajstić information content (AvgIpc) is 2.94. The van der Waals surface area contributed by atoms with Crippen molar-refractivity contribution in [3.8, 4) is 11.5 Å². The molecular weight excluding hydrogens is 384 g/mol. The van der Waals surface area contributed by atoms with Gasteiger partial charge in [-0.15, -0.1) is 0 Å². The number of nitrogens with one attached hydrogen (secondary N) is 1. The molecule has 0 aromatic heterocycles. The van der Waals surface area contributed by atoms with E-state index in [9.17, 15) is 4.79 Å². The van der Waals surface area contributed by atoms with Crippen LogP contribution >= 0.6 is 23.8 Å². The molecule has 0 radical (unpaired) electrons. The minimum atomic E-state index is -0.135. The SMILES string of the molecule is CCN1C(=O)/C(=C/c2ccc(OCc3ccc(Cl)cc3)c(OC)c2)NC1=S. The fourth-order valence-corrected chi connectivity index (χ4v) is 3.11. The van der Waals surface area contributed by atoms with Crippen molar-refractivity contribution in [3.63, 3.8) is 0 Å². The highest BCUT2D eigenvalue weighted by Gasteiger charge is 2.29. The van der Waals surface area contributed by atoms with E-state index in [2.05, 4.69) is 5.32 Å². The first-order chi connectivity index (χ1) is 13.0. The lowest BCUT2D eigenvalue weighted by Crippen LogP contribution is -2.30. The molecule has 27 heavy (non-hydrogen) atoms. The van der Waals surface area contributed by atoms with Crippen molar-refractivity contribution in [3.05, 3.63) is 64.3 Å². The minimum absolute atomic E-state index is 0.135. The van der Waals surface area contributed by atoms with E-state index in [1.54, 1.807) is 13.2 Å². The van der Waals surface area contributed by atoms with Gasteiger partial charge in [0.2, 0.25) is 0 Å². The zero-order valence-corrected chi connectivity index (χ0v) is 16.6. The van der Waals surface area contributed by atoms with Crippen LogP contribution in [0.4, 0.5) is 0 Å². The number of thiocarbonyl (C=S) groups is 1. The van der Waals surface area contributed by atoms with Crippen LogP contribution in [0.5, 0.6) is 11.5 Å². The smallest absolute Gasteiger partial charge is 0.276 e. The average molecular weight is 403 g/mol. The molecule has 0 saturated carbocycles. The Labute approximate surface area is 168 Å². The number of ether oxygens (including phenoxy) is 2. The van der Waals surface area contributed by atoms with E-state index in [4.69, 9.17) is 33.3 Å². The number of methoxy groups -OCH3 is 1. The second kappa shape index (κ2) is 8.41. The van der Waals surface area contributed by atoms with Crippen LogP contribution in [0, 0.1) is 0 Å². The first-order valence-corrected chi connectivity index (χ1v) is 9.20. The lowest BCUT2D eigenvalue weighted by Gasteiger charge is -2.12. The van der Waals surface area contributed by atoms with Crippen molar-refractivity contribution in [2.24, 2.45) is 0 Å². The number of rotatable bonds is 6. The fraction of sp³-hybridized carbons (Fsp3) is 0.200. The molecule has 7 heteroatoms. The van der Waals surface area contributed by atoms with Crippen molar-refractivity contribution >= 4 is 40.9 Å². The molecule has 1 aliphatic heterocycles. The Morgan fingerprint density at radius 2 is 1.93 bits per heavy atom. The van der Waals surface area contributed by atoms with Crippen LogP contribution in [0.15, 0.2) is 48.2 Å². The maximum atomic E-state index is 12.3. The van der Waals surface area contributed by atoms with Crippen molar-refractivity contribution < 1.29 is 14.3 Å². The largest absolute Gasteiger partial charge is 0.493 e. The van der Waals surface area contributed by atoms with E-state index in [0.717, 1.165) is 11.1 Å². The Kier molecular flexibility index (Phi) is 5.98. The number of halogens is 1. The molecule has 0 spiro atoms. The van der Waals surface area contributed by atoms with Gasteiger partial charge in [-0.05, 0) is 60.6 Å². The van der Waals surface area contributed by atoms with Gasteiger partial charge in [0, 0.05) is 11.6 Å². The number of likely N-dealkylation sites (N-methyl/N-ethyl adjacent to an activating group) is 1. The zero-order chi connectivity index (χ0) is 19.4. The summed E-state index contributed by atoms with van der Waals surface area (Å²) in [7, 11) is 1.58. The Hall–Kier alpha value is -2.57. The van der Waals surface area contributed by atoms with E-state index >= 15 is 0 Å². The van der Waals surface area contributed by atoms with Crippen molar-refractivity contribution in [2.45, 2.75) is 13.5 Å². The molecule has 0 bridgehead atoms. The second-order valence-corrected chi connectivity index (χ2v) is 6.69. The third kappa shape index (κ3) is 4.40. The van der Waals surface area contributed by atoms with Gasteiger partial charge in [0.25, 0.3) is 5.91 Å². The van der Waals surface area contributed by atoms with Gasteiger partial charge in [-0.1, -0.05) is 29.8 Å². The molecule has 1 N–H and O–H groups in total. The number of carbonyl (C=O) groups is 1. The van der Waals surface area contributed by atoms with Crippen LogP contribution in [0.1, 0.15) is 18.1 Å². The summed E-state index contributed by atoms with van der Waals surface area (Å²) >= 11 is 11.1. The van der Waals surface area contributed by atoms with E-state index in [0.29, 0.717) is 40.5 Å². The molecule has 1 heterocycles. The van der Waals surface area contributed by atoms with Gasteiger partial charge in [-0.25, -0.2) is 0 Å². The molecule has 0 atom stereocenters. The van der Waals surface area contributed by atoms with Crippen LogP contribution in [-0.2, 0) is 11.4 Å². The number of amides is 1. The lowest BCUT2D eigenvalue weighted by atomic mass is 10.1. The summed E-state index contributed by atoms with van der Waals surface area (Å²) in [4.78, 5) is 13.8. The van der Waals surface area contributed by atoms with E-state index in [1.807, 2.05) is 49.4 Å². The van der Waals surface area contributed by atoms with Gasteiger partial charge in [0.05, 0.1) is 7.11 Å². The van der Waals surface area contributed by atoms with Crippen molar-refractivity contribution in [1.29, 1.82) is 0 Å². The summed E-state index contributed by atoms with van der Waals surface area (Å²) in [5.74, 6) is 1.06. The second-order valence-electron chi connectivity index (χ2n) is 5.86. The molecule has 1 fully saturated rings. The Bertz CT molecular complexity index is 897. The third-order valence-corrected chi connectivity index (χ3v) is 4.66. The number of carbonyl (C=O) groups excluding carboxylic acids is 1.